The zero-order valence-corrected chi connectivity index (χ0v) is 9.83. The first-order valence-electron chi connectivity index (χ1n) is 5.15. The molecule has 2 aromatic rings. The number of hydrogen-bond acceptors (Lipinski definition) is 2. The van der Waals surface area contributed by atoms with Crippen molar-refractivity contribution in [3.63, 3.8) is 0 Å². The highest BCUT2D eigenvalue weighted by Crippen LogP contribution is 2.27. The van der Waals surface area contributed by atoms with Gasteiger partial charge in [0, 0.05) is 18.4 Å². The molecule has 15 heavy (non-hydrogen) atoms. The Morgan fingerprint density at radius 3 is 3.07 bits per heavy atom. The van der Waals surface area contributed by atoms with Crippen molar-refractivity contribution in [3.05, 3.63) is 28.7 Å². The molecule has 0 saturated heterocycles. The van der Waals surface area contributed by atoms with Crippen molar-refractivity contribution < 1.29 is 4.42 Å². The molecule has 0 atom stereocenters. The zero-order chi connectivity index (χ0) is 10.3. The third-order valence-electron chi connectivity index (χ3n) is 2.80. The minimum atomic E-state index is 0.755. The maximum absolute atomic E-state index is 5.53. The van der Waals surface area contributed by atoms with Gasteiger partial charge in [-0.3, -0.25) is 0 Å². The van der Waals surface area contributed by atoms with E-state index in [1.165, 1.54) is 18.5 Å². The first-order valence-corrected chi connectivity index (χ1v) is 5.94. The van der Waals surface area contributed by atoms with Gasteiger partial charge >= 0.3 is 0 Å². The van der Waals surface area contributed by atoms with Crippen LogP contribution in [0, 0.1) is 0 Å². The molecule has 0 bridgehead atoms. The maximum atomic E-state index is 5.53. The molecule has 0 N–H and O–H groups in total. The Hall–Kier alpha value is -1.03. The van der Waals surface area contributed by atoms with E-state index in [9.17, 15) is 0 Å². The predicted octanol–water partition coefficient (Wildman–Crippen LogP) is 3.24. The van der Waals surface area contributed by atoms with Crippen molar-refractivity contribution in [1.82, 2.24) is 9.55 Å². The summed E-state index contributed by atoms with van der Waals surface area (Å²) in [7, 11) is 0. The van der Waals surface area contributed by atoms with Crippen molar-refractivity contribution in [2.24, 2.45) is 0 Å². The lowest BCUT2D eigenvalue weighted by molar-refractivity contribution is 0.513. The van der Waals surface area contributed by atoms with Crippen LogP contribution in [0.2, 0.25) is 0 Å². The molecule has 0 amide bonds. The molecule has 0 aromatic carbocycles. The Labute approximate surface area is 96.2 Å². The van der Waals surface area contributed by atoms with Crippen LogP contribution in [-0.2, 0) is 13.0 Å². The number of nitrogens with zero attached hydrogens (tertiary/aromatic N) is 2. The Bertz CT molecular complexity index is 486. The fraction of sp³-hybridized carbons (Fsp3) is 0.364. The van der Waals surface area contributed by atoms with Crippen LogP contribution in [-0.4, -0.2) is 9.55 Å². The van der Waals surface area contributed by atoms with Crippen molar-refractivity contribution in [3.8, 4) is 11.6 Å². The van der Waals surface area contributed by atoms with E-state index in [0.717, 1.165) is 29.2 Å². The van der Waals surface area contributed by atoms with E-state index in [-0.39, 0.29) is 0 Å². The van der Waals surface area contributed by atoms with Crippen molar-refractivity contribution in [2.45, 2.75) is 25.8 Å². The monoisotopic (exact) mass is 266 g/mol. The molecular weight excluding hydrogens is 256 g/mol. The van der Waals surface area contributed by atoms with Gasteiger partial charge in [0.1, 0.15) is 0 Å². The molecule has 0 unspecified atom stereocenters. The van der Waals surface area contributed by atoms with Gasteiger partial charge in [0.2, 0.25) is 0 Å². The predicted molar refractivity (Wildman–Crippen MR) is 60.6 cm³/mol. The third kappa shape index (κ3) is 1.53. The van der Waals surface area contributed by atoms with E-state index in [0.29, 0.717) is 0 Å². The summed E-state index contributed by atoms with van der Waals surface area (Å²) in [5.74, 6) is 1.80. The second kappa shape index (κ2) is 3.52. The normalized spacial score (nSPS) is 15.3. The number of rotatable bonds is 1. The minimum absolute atomic E-state index is 0.755. The molecule has 2 aromatic heterocycles. The second-order valence-electron chi connectivity index (χ2n) is 3.79. The molecule has 78 valence electrons. The number of aryl methyl sites for hydroxylation is 1. The average molecular weight is 267 g/mol. The van der Waals surface area contributed by atoms with Gasteiger partial charge in [-0.05, 0) is 47.3 Å². The van der Waals surface area contributed by atoms with Crippen molar-refractivity contribution in [1.29, 1.82) is 0 Å². The summed E-state index contributed by atoms with van der Waals surface area (Å²) < 4.78 is 8.54. The van der Waals surface area contributed by atoms with Crippen LogP contribution in [0.15, 0.2) is 27.4 Å². The van der Waals surface area contributed by atoms with E-state index >= 15 is 0 Å². The molecule has 0 aliphatic carbocycles. The summed E-state index contributed by atoms with van der Waals surface area (Å²) in [5.41, 5.74) is 1.32. The highest BCUT2D eigenvalue weighted by Gasteiger charge is 2.16. The van der Waals surface area contributed by atoms with Crippen LogP contribution < -0.4 is 0 Å². The highest BCUT2D eigenvalue weighted by molar-refractivity contribution is 9.10. The van der Waals surface area contributed by atoms with E-state index in [1.54, 1.807) is 0 Å². The molecule has 0 saturated carbocycles. The largest absolute Gasteiger partial charge is 0.446 e. The third-order valence-corrected chi connectivity index (χ3v) is 3.22. The number of aromatic nitrogens is 2. The lowest BCUT2D eigenvalue weighted by Gasteiger charge is -2.15. The fourth-order valence-electron chi connectivity index (χ4n) is 2.07. The van der Waals surface area contributed by atoms with E-state index < -0.39 is 0 Å². The van der Waals surface area contributed by atoms with Gasteiger partial charge in [0.25, 0.3) is 0 Å². The van der Waals surface area contributed by atoms with Crippen LogP contribution in [0.3, 0.4) is 0 Å². The summed E-state index contributed by atoms with van der Waals surface area (Å²) in [6, 6.07) is 3.86. The molecule has 4 heteroatoms. The van der Waals surface area contributed by atoms with E-state index in [4.69, 9.17) is 4.42 Å². The summed E-state index contributed by atoms with van der Waals surface area (Å²) in [4.78, 5) is 4.43. The molecule has 3 heterocycles. The molecule has 0 spiro atoms. The van der Waals surface area contributed by atoms with E-state index in [2.05, 4.69) is 25.5 Å². The van der Waals surface area contributed by atoms with Gasteiger partial charge in [-0.2, -0.15) is 0 Å². The second-order valence-corrected chi connectivity index (χ2v) is 4.57. The lowest BCUT2D eigenvalue weighted by atomic mass is 10.1. The quantitative estimate of drug-likeness (QED) is 0.794. The topological polar surface area (TPSA) is 31.0 Å². The molecule has 0 fully saturated rings. The molecular formula is C11H11BrN2O. The molecule has 1 aliphatic rings. The minimum Gasteiger partial charge on any atom is -0.446 e. The Kier molecular flexibility index (Phi) is 2.16. The zero-order valence-electron chi connectivity index (χ0n) is 8.24. The smallest absolute Gasteiger partial charge is 0.176 e. The Balaban J connectivity index is 2.08. The first-order chi connectivity index (χ1) is 7.34. The van der Waals surface area contributed by atoms with Crippen LogP contribution in [0.5, 0.6) is 0 Å². The van der Waals surface area contributed by atoms with Crippen LogP contribution >= 0.6 is 15.9 Å². The number of imidazole rings is 1. The number of halogens is 1. The number of hydrogen-bond donors (Lipinski definition) is 0. The lowest BCUT2D eigenvalue weighted by Crippen LogP contribution is -2.10. The van der Waals surface area contributed by atoms with Crippen molar-refractivity contribution in [2.75, 3.05) is 0 Å². The van der Waals surface area contributed by atoms with Crippen molar-refractivity contribution >= 4 is 15.9 Å². The first kappa shape index (κ1) is 9.21. The summed E-state index contributed by atoms with van der Waals surface area (Å²) >= 11 is 3.31. The standard InChI is InChI=1S/C11H11BrN2O/c12-10-5-4-9(15-10)11-13-7-8-3-1-2-6-14(8)11/h4-5,7H,1-3,6H2. The fourth-order valence-corrected chi connectivity index (χ4v) is 2.37. The molecule has 1 aliphatic heterocycles. The van der Waals surface area contributed by atoms with Gasteiger partial charge in [0.05, 0.1) is 0 Å². The van der Waals surface area contributed by atoms with Crippen LogP contribution in [0.25, 0.3) is 11.6 Å². The van der Waals surface area contributed by atoms with Crippen LogP contribution in [0.1, 0.15) is 18.5 Å². The maximum Gasteiger partial charge on any atom is 0.176 e. The van der Waals surface area contributed by atoms with Gasteiger partial charge in [0.15, 0.2) is 16.3 Å². The number of fused-ring (bicyclic) bond motifs is 1. The SMILES string of the molecule is Brc1ccc(-c2ncc3n2CCCC3)o1. The molecule has 3 rings (SSSR count). The van der Waals surface area contributed by atoms with Gasteiger partial charge in [-0.25, -0.2) is 4.98 Å². The summed E-state index contributed by atoms with van der Waals surface area (Å²) in [6.45, 7) is 1.06. The van der Waals surface area contributed by atoms with E-state index in [1.807, 2.05) is 18.3 Å². The average Bonchev–Trinajstić information content (AvgIpc) is 2.83. The summed E-state index contributed by atoms with van der Waals surface area (Å²) in [5, 5.41) is 0. The summed E-state index contributed by atoms with van der Waals surface area (Å²) in [6.07, 6.45) is 5.60. The Morgan fingerprint density at radius 2 is 2.27 bits per heavy atom. The highest BCUT2D eigenvalue weighted by atomic mass is 79.9. The molecule has 0 radical (unpaired) electrons. The van der Waals surface area contributed by atoms with Crippen LogP contribution in [0.4, 0.5) is 0 Å². The number of furan rings is 1. The Morgan fingerprint density at radius 1 is 1.33 bits per heavy atom. The van der Waals surface area contributed by atoms with Gasteiger partial charge in [-0.15, -0.1) is 0 Å². The van der Waals surface area contributed by atoms with Gasteiger partial charge in [-0.1, -0.05) is 0 Å². The molecule has 3 nitrogen and oxygen atoms in total. The van der Waals surface area contributed by atoms with Gasteiger partial charge < -0.3 is 8.98 Å².